The maximum absolute atomic E-state index is 12.4. The van der Waals surface area contributed by atoms with Gasteiger partial charge < -0.3 is 9.84 Å². The number of phenolic OH excluding ortho intramolecular Hbond substituents is 1. The highest BCUT2D eigenvalue weighted by Crippen LogP contribution is 2.32. The molecule has 3 nitrogen and oxygen atoms in total. The SMILES string of the molecule is COc1cc(O)c(/C=C/C(=O)c2ccc3ccccc3c2)c(Br)c1. The summed E-state index contributed by atoms with van der Waals surface area (Å²) in [6, 6.07) is 16.7. The summed E-state index contributed by atoms with van der Waals surface area (Å²) in [4.78, 5) is 12.4. The molecular weight excluding hydrogens is 368 g/mol. The molecule has 0 aliphatic carbocycles. The van der Waals surface area contributed by atoms with Gasteiger partial charge in [-0.15, -0.1) is 0 Å². The minimum atomic E-state index is -0.122. The van der Waals surface area contributed by atoms with Crippen molar-refractivity contribution in [3.05, 3.63) is 76.3 Å². The quantitative estimate of drug-likeness (QED) is 0.497. The number of hydrogen-bond donors (Lipinski definition) is 1. The standard InChI is InChI=1S/C20H15BrO3/c1-24-16-11-18(21)17(20(23)12-16)8-9-19(22)15-7-6-13-4-2-3-5-14(13)10-15/h2-12,23H,1H3/b9-8+. The van der Waals surface area contributed by atoms with Crippen molar-refractivity contribution >= 4 is 38.6 Å². The second-order valence-corrected chi connectivity index (χ2v) is 6.16. The molecule has 3 aromatic carbocycles. The van der Waals surface area contributed by atoms with E-state index in [-0.39, 0.29) is 11.5 Å². The fourth-order valence-corrected chi connectivity index (χ4v) is 3.02. The Hall–Kier alpha value is -2.59. The van der Waals surface area contributed by atoms with Crippen molar-refractivity contribution in [2.45, 2.75) is 0 Å². The van der Waals surface area contributed by atoms with Crippen LogP contribution in [0.4, 0.5) is 0 Å². The normalized spacial score (nSPS) is 11.1. The number of ketones is 1. The molecule has 0 aliphatic heterocycles. The number of methoxy groups -OCH3 is 1. The monoisotopic (exact) mass is 382 g/mol. The van der Waals surface area contributed by atoms with Gasteiger partial charge in [-0.2, -0.15) is 0 Å². The Morgan fingerprint density at radius 3 is 2.54 bits per heavy atom. The van der Waals surface area contributed by atoms with E-state index in [0.29, 0.717) is 21.3 Å². The summed E-state index contributed by atoms with van der Waals surface area (Å²) in [6.45, 7) is 0. The number of hydrogen-bond acceptors (Lipinski definition) is 3. The zero-order valence-corrected chi connectivity index (χ0v) is 14.6. The van der Waals surface area contributed by atoms with Gasteiger partial charge in [-0.25, -0.2) is 0 Å². The van der Waals surface area contributed by atoms with E-state index in [9.17, 15) is 9.90 Å². The second-order valence-electron chi connectivity index (χ2n) is 5.30. The number of aromatic hydroxyl groups is 1. The number of rotatable bonds is 4. The molecule has 0 bridgehead atoms. The van der Waals surface area contributed by atoms with E-state index in [0.717, 1.165) is 10.8 Å². The average molecular weight is 383 g/mol. The summed E-state index contributed by atoms with van der Waals surface area (Å²) in [6.07, 6.45) is 3.05. The highest BCUT2D eigenvalue weighted by atomic mass is 79.9. The van der Waals surface area contributed by atoms with Crippen LogP contribution in [0.5, 0.6) is 11.5 Å². The Morgan fingerprint density at radius 1 is 1.08 bits per heavy atom. The molecule has 120 valence electrons. The number of allylic oxidation sites excluding steroid dienone is 1. The van der Waals surface area contributed by atoms with Gasteiger partial charge in [0.2, 0.25) is 0 Å². The van der Waals surface area contributed by atoms with Gasteiger partial charge >= 0.3 is 0 Å². The van der Waals surface area contributed by atoms with E-state index in [1.54, 1.807) is 18.2 Å². The van der Waals surface area contributed by atoms with Crippen LogP contribution in [0.1, 0.15) is 15.9 Å². The molecular formula is C20H15BrO3. The van der Waals surface area contributed by atoms with Crippen LogP contribution in [0.15, 0.2) is 65.1 Å². The zero-order chi connectivity index (χ0) is 17.1. The Morgan fingerprint density at radius 2 is 1.83 bits per heavy atom. The van der Waals surface area contributed by atoms with Crippen LogP contribution >= 0.6 is 15.9 Å². The van der Waals surface area contributed by atoms with Crippen molar-refractivity contribution in [2.24, 2.45) is 0 Å². The number of phenols is 1. The van der Waals surface area contributed by atoms with Gasteiger partial charge in [-0.1, -0.05) is 36.4 Å². The highest BCUT2D eigenvalue weighted by Gasteiger charge is 2.08. The van der Waals surface area contributed by atoms with E-state index < -0.39 is 0 Å². The minimum Gasteiger partial charge on any atom is -0.507 e. The molecule has 0 unspecified atom stereocenters. The van der Waals surface area contributed by atoms with Crippen molar-refractivity contribution < 1.29 is 14.6 Å². The van der Waals surface area contributed by atoms with Crippen LogP contribution in [0.3, 0.4) is 0 Å². The number of carbonyl (C=O) groups excluding carboxylic acids is 1. The molecule has 0 atom stereocenters. The lowest BCUT2D eigenvalue weighted by atomic mass is 10.0. The van der Waals surface area contributed by atoms with Gasteiger partial charge in [-0.05, 0) is 51.0 Å². The first-order chi connectivity index (χ1) is 11.6. The number of fused-ring (bicyclic) bond motifs is 1. The molecule has 24 heavy (non-hydrogen) atoms. The van der Waals surface area contributed by atoms with Crippen molar-refractivity contribution in [3.8, 4) is 11.5 Å². The molecule has 3 rings (SSSR count). The number of ether oxygens (including phenoxy) is 1. The van der Waals surface area contributed by atoms with E-state index >= 15 is 0 Å². The third-order valence-electron chi connectivity index (χ3n) is 3.75. The number of carbonyl (C=O) groups is 1. The predicted molar refractivity (Wildman–Crippen MR) is 99.7 cm³/mol. The van der Waals surface area contributed by atoms with E-state index in [4.69, 9.17) is 4.74 Å². The lowest BCUT2D eigenvalue weighted by molar-refractivity contribution is 0.104. The predicted octanol–water partition coefficient (Wildman–Crippen LogP) is 5.21. The van der Waals surface area contributed by atoms with Crippen molar-refractivity contribution in [2.75, 3.05) is 7.11 Å². The summed E-state index contributed by atoms with van der Waals surface area (Å²) < 4.78 is 5.74. The molecule has 0 saturated heterocycles. The van der Waals surface area contributed by atoms with Crippen molar-refractivity contribution in [3.63, 3.8) is 0 Å². The Kier molecular flexibility index (Phi) is 4.67. The maximum Gasteiger partial charge on any atom is 0.185 e. The Balaban J connectivity index is 1.89. The van der Waals surface area contributed by atoms with Gasteiger partial charge in [-0.3, -0.25) is 4.79 Å². The lowest BCUT2D eigenvalue weighted by Crippen LogP contribution is -1.94. The molecule has 3 aromatic rings. The van der Waals surface area contributed by atoms with E-state index in [2.05, 4.69) is 15.9 Å². The highest BCUT2D eigenvalue weighted by molar-refractivity contribution is 9.10. The third kappa shape index (κ3) is 3.34. The van der Waals surface area contributed by atoms with Crippen LogP contribution in [0, 0.1) is 0 Å². The molecule has 0 aliphatic rings. The van der Waals surface area contributed by atoms with Gasteiger partial charge in [0.05, 0.1) is 7.11 Å². The average Bonchev–Trinajstić information content (AvgIpc) is 2.60. The molecule has 0 heterocycles. The third-order valence-corrected chi connectivity index (χ3v) is 4.41. The first kappa shape index (κ1) is 16.3. The molecule has 0 amide bonds. The lowest BCUT2D eigenvalue weighted by Gasteiger charge is -2.06. The molecule has 4 heteroatoms. The largest absolute Gasteiger partial charge is 0.507 e. The van der Waals surface area contributed by atoms with Crippen LogP contribution in [-0.2, 0) is 0 Å². The maximum atomic E-state index is 12.4. The van der Waals surface area contributed by atoms with Gasteiger partial charge in [0.1, 0.15) is 11.5 Å². The van der Waals surface area contributed by atoms with Gasteiger partial charge in [0, 0.05) is 21.7 Å². The van der Waals surface area contributed by atoms with E-state index in [1.807, 2.05) is 36.4 Å². The first-order valence-electron chi connectivity index (χ1n) is 7.36. The topological polar surface area (TPSA) is 46.5 Å². The van der Waals surface area contributed by atoms with Crippen LogP contribution in [0.25, 0.3) is 16.8 Å². The zero-order valence-electron chi connectivity index (χ0n) is 13.0. The molecule has 0 spiro atoms. The minimum absolute atomic E-state index is 0.0452. The molecule has 0 saturated carbocycles. The number of benzene rings is 3. The van der Waals surface area contributed by atoms with Crippen LogP contribution in [0.2, 0.25) is 0 Å². The van der Waals surface area contributed by atoms with Crippen LogP contribution in [-0.4, -0.2) is 18.0 Å². The fraction of sp³-hybridized carbons (Fsp3) is 0.0500. The summed E-state index contributed by atoms with van der Waals surface area (Å²) in [5, 5.41) is 12.2. The fourth-order valence-electron chi connectivity index (χ4n) is 2.46. The molecule has 0 radical (unpaired) electrons. The molecule has 1 N–H and O–H groups in total. The number of halogens is 1. The van der Waals surface area contributed by atoms with Crippen LogP contribution < -0.4 is 4.74 Å². The Bertz CT molecular complexity index is 922. The summed E-state index contributed by atoms with van der Waals surface area (Å²) in [5.74, 6) is 0.462. The molecule has 0 aromatic heterocycles. The molecule has 0 fully saturated rings. The summed E-state index contributed by atoms with van der Waals surface area (Å²) in [7, 11) is 1.53. The van der Waals surface area contributed by atoms with Gasteiger partial charge in [0.25, 0.3) is 0 Å². The van der Waals surface area contributed by atoms with Crippen molar-refractivity contribution in [1.29, 1.82) is 0 Å². The summed E-state index contributed by atoms with van der Waals surface area (Å²) >= 11 is 3.38. The van der Waals surface area contributed by atoms with Crippen molar-refractivity contribution in [1.82, 2.24) is 0 Å². The van der Waals surface area contributed by atoms with E-state index in [1.165, 1.54) is 19.3 Å². The van der Waals surface area contributed by atoms with Gasteiger partial charge in [0.15, 0.2) is 5.78 Å². The smallest absolute Gasteiger partial charge is 0.185 e. The first-order valence-corrected chi connectivity index (χ1v) is 8.15. The Labute approximate surface area is 148 Å². The summed E-state index contributed by atoms with van der Waals surface area (Å²) in [5.41, 5.74) is 1.14. The second kappa shape index (κ2) is 6.89.